The fraction of sp³-hybridized carbons (Fsp3) is 0.611. The molecule has 4 rings (SSSR count). The van der Waals surface area contributed by atoms with Gasteiger partial charge in [-0.2, -0.15) is 5.10 Å². The number of nitrogens with one attached hydrogen (secondary N) is 1. The average Bonchev–Trinajstić information content (AvgIpc) is 3.12. The van der Waals surface area contributed by atoms with Gasteiger partial charge in [-0.3, -0.25) is 9.48 Å². The van der Waals surface area contributed by atoms with Gasteiger partial charge in [0.05, 0.1) is 17.0 Å². The number of pyridine rings is 1. The quantitative estimate of drug-likeness (QED) is 0.800. The molecule has 0 bridgehead atoms. The zero-order valence-corrected chi connectivity index (χ0v) is 17.2. The van der Waals surface area contributed by atoms with Crippen molar-refractivity contribution in [2.45, 2.75) is 33.1 Å². The molecule has 144 valence electrons. The van der Waals surface area contributed by atoms with E-state index in [4.69, 9.17) is 0 Å². The minimum atomic E-state index is 0. The minimum Gasteiger partial charge on any atom is -0.339 e. The van der Waals surface area contributed by atoms with Crippen molar-refractivity contribution in [2.75, 3.05) is 26.2 Å². The number of carbonyl (C=O) groups excluding carboxylic acids is 1. The van der Waals surface area contributed by atoms with Crippen molar-refractivity contribution in [1.29, 1.82) is 0 Å². The van der Waals surface area contributed by atoms with Gasteiger partial charge in [0.15, 0.2) is 5.65 Å². The summed E-state index contributed by atoms with van der Waals surface area (Å²) >= 11 is 0. The predicted octanol–water partition coefficient (Wildman–Crippen LogP) is 2.64. The van der Waals surface area contributed by atoms with Crippen LogP contribution in [0.3, 0.4) is 0 Å². The van der Waals surface area contributed by atoms with Gasteiger partial charge in [-0.25, -0.2) is 4.98 Å². The number of hydrogen-bond acceptors (Lipinski definition) is 4. The summed E-state index contributed by atoms with van der Waals surface area (Å²) in [5.74, 6) is 0.117. The number of piperidine rings is 1. The Balaban J connectivity index is 0.00000121. The number of rotatable bonds is 1. The van der Waals surface area contributed by atoms with Crippen LogP contribution in [0.4, 0.5) is 0 Å². The van der Waals surface area contributed by atoms with E-state index in [-0.39, 0.29) is 30.7 Å². The molecule has 0 aromatic carbocycles. The largest absolute Gasteiger partial charge is 0.339 e. The summed E-state index contributed by atoms with van der Waals surface area (Å²) in [4.78, 5) is 19.7. The molecule has 8 heteroatoms. The van der Waals surface area contributed by atoms with Gasteiger partial charge in [0.1, 0.15) is 0 Å². The normalized spacial score (nSPS) is 18.7. The lowest BCUT2D eigenvalue weighted by molar-refractivity contribution is 0.0606. The molecule has 0 unspecified atom stereocenters. The molecular weight excluding hydrogens is 373 g/mol. The third-order valence-corrected chi connectivity index (χ3v) is 5.86. The van der Waals surface area contributed by atoms with Crippen molar-refractivity contribution in [3.05, 3.63) is 23.0 Å². The first kappa shape index (κ1) is 20.9. The van der Waals surface area contributed by atoms with Crippen LogP contribution in [0.1, 0.15) is 41.0 Å². The van der Waals surface area contributed by atoms with E-state index in [1.54, 1.807) is 4.68 Å². The van der Waals surface area contributed by atoms with E-state index in [9.17, 15) is 4.79 Å². The number of aryl methyl sites for hydroxylation is 3. The standard InChI is InChI=1S/C18H25N5O.2ClH/c1-12-15(10-14-13(2)21-22(3)16(14)20-12)17(24)23-8-5-18(6-9-23)4-7-19-11-18;;/h10,19H,4-9,11H2,1-3H3;2*1H. The Morgan fingerprint density at radius 2 is 1.85 bits per heavy atom. The number of nitrogens with zero attached hydrogens (tertiary/aromatic N) is 4. The zero-order valence-electron chi connectivity index (χ0n) is 15.5. The lowest BCUT2D eigenvalue weighted by atomic mass is 9.78. The lowest BCUT2D eigenvalue weighted by Gasteiger charge is -2.39. The molecule has 0 radical (unpaired) electrons. The maximum Gasteiger partial charge on any atom is 0.255 e. The first-order valence-electron chi connectivity index (χ1n) is 8.80. The summed E-state index contributed by atoms with van der Waals surface area (Å²) in [7, 11) is 1.89. The van der Waals surface area contributed by atoms with E-state index in [1.165, 1.54) is 6.42 Å². The van der Waals surface area contributed by atoms with Crippen LogP contribution in [-0.2, 0) is 7.05 Å². The lowest BCUT2D eigenvalue weighted by Crippen LogP contribution is -2.44. The fourth-order valence-electron chi connectivity index (χ4n) is 4.23. The third-order valence-electron chi connectivity index (χ3n) is 5.86. The first-order valence-corrected chi connectivity index (χ1v) is 8.80. The van der Waals surface area contributed by atoms with Gasteiger partial charge in [-0.15, -0.1) is 24.8 Å². The Morgan fingerprint density at radius 1 is 1.15 bits per heavy atom. The molecular formula is C18H27Cl2N5O. The van der Waals surface area contributed by atoms with E-state index in [0.717, 1.165) is 67.0 Å². The number of amides is 1. The third kappa shape index (κ3) is 3.42. The zero-order chi connectivity index (χ0) is 16.9. The van der Waals surface area contributed by atoms with E-state index >= 15 is 0 Å². The number of aromatic nitrogens is 3. The second-order valence-corrected chi connectivity index (χ2v) is 7.42. The van der Waals surface area contributed by atoms with E-state index < -0.39 is 0 Å². The summed E-state index contributed by atoms with van der Waals surface area (Å²) in [6.45, 7) is 7.81. The van der Waals surface area contributed by atoms with Gasteiger partial charge >= 0.3 is 0 Å². The second-order valence-electron chi connectivity index (χ2n) is 7.42. The summed E-state index contributed by atoms with van der Waals surface area (Å²) in [5.41, 5.74) is 3.70. The molecule has 1 amide bonds. The van der Waals surface area contributed by atoms with E-state index in [0.29, 0.717) is 5.41 Å². The van der Waals surface area contributed by atoms with Gasteiger partial charge in [0.2, 0.25) is 0 Å². The first-order chi connectivity index (χ1) is 11.5. The fourth-order valence-corrected chi connectivity index (χ4v) is 4.23. The highest BCUT2D eigenvalue weighted by atomic mass is 35.5. The number of halogens is 2. The number of hydrogen-bond donors (Lipinski definition) is 1. The highest BCUT2D eigenvalue weighted by Crippen LogP contribution is 2.37. The smallest absolute Gasteiger partial charge is 0.255 e. The van der Waals surface area contributed by atoms with Gasteiger partial charge in [-0.1, -0.05) is 0 Å². The predicted molar refractivity (Wildman–Crippen MR) is 108 cm³/mol. The molecule has 2 aliphatic rings. The summed E-state index contributed by atoms with van der Waals surface area (Å²) < 4.78 is 1.78. The Morgan fingerprint density at radius 3 is 2.46 bits per heavy atom. The second kappa shape index (κ2) is 7.71. The van der Waals surface area contributed by atoms with Gasteiger partial charge < -0.3 is 10.2 Å². The Labute approximate surface area is 166 Å². The van der Waals surface area contributed by atoms with Crippen molar-refractivity contribution in [3.8, 4) is 0 Å². The maximum absolute atomic E-state index is 13.0. The van der Waals surface area contributed by atoms with Crippen molar-refractivity contribution >= 4 is 41.8 Å². The molecule has 0 aliphatic carbocycles. The molecule has 26 heavy (non-hydrogen) atoms. The van der Waals surface area contributed by atoms with Crippen LogP contribution in [0.2, 0.25) is 0 Å². The van der Waals surface area contributed by atoms with Crippen LogP contribution >= 0.6 is 24.8 Å². The summed E-state index contributed by atoms with van der Waals surface area (Å²) in [6, 6.07) is 1.98. The number of likely N-dealkylation sites (tertiary alicyclic amines) is 1. The molecule has 1 N–H and O–H groups in total. The van der Waals surface area contributed by atoms with E-state index in [1.807, 2.05) is 31.9 Å². The Hall–Kier alpha value is -1.37. The molecule has 4 heterocycles. The molecule has 2 saturated heterocycles. The van der Waals surface area contributed by atoms with E-state index in [2.05, 4.69) is 15.4 Å². The molecule has 6 nitrogen and oxygen atoms in total. The van der Waals surface area contributed by atoms with Crippen LogP contribution in [0.15, 0.2) is 6.07 Å². The SMILES string of the molecule is Cc1nc2c(cc1C(=O)N1CCC3(CCNC3)CC1)c(C)nn2C.Cl.Cl. The molecule has 2 aliphatic heterocycles. The van der Waals surface area contributed by atoms with Crippen LogP contribution in [0, 0.1) is 19.3 Å². The van der Waals surface area contributed by atoms with Crippen molar-refractivity contribution in [3.63, 3.8) is 0 Å². The van der Waals surface area contributed by atoms with Crippen LogP contribution < -0.4 is 5.32 Å². The van der Waals surface area contributed by atoms with Gasteiger partial charge in [0, 0.05) is 32.1 Å². The molecule has 0 saturated carbocycles. The van der Waals surface area contributed by atoms with Gasteiger partial charge in [0.25, 0.3) is 5.91 Å². The number of carbonyl (C=O) groups is 1. The van der Waals surface area contributed by atoms with Crippen LogP contribution in [0.5, 0.6) is 0 Å². The number of fused-ring (bicyclic) bond motifs is 1. The van der Waals surface area contributed by atoms with Crippen molar-refractivity contribution in [2.24, 2.45) is 12.5 Å². The van der Waals surface area contributed by atoms with Crippen molar-refractivity contribution in [1.82, 2.24) is 25.0 Å². The topological polar surface area (TPSA) is 63.1 Å². The highest BCUT2D eigenvalue weighted by molar-refractivity contribution is 5.98. The molecule has 2 aromatic heterocycles. The highest BCUT2D eigenvalue weighted by Gasteiger charge is 2.38. The average molecular weight is 400 g/mol. The maximum atomic E-state index is 13.0. The van der Waals surface area contributed by atoms with Gasteiger partial charge in [-0.05, 0) is 51.1 Å². The molecule has 2 fully saturated rings. The molecule has 2 aromatic rings. The van der Waals surface area contributed by atoms with Crippen molar-refractivity contribution < 1.29 is 4.79 Å². The summed E-state index contributed by atoms with van der Waals surface area (Å²) in [5, 5.41) is 8.86. The van der Waals surface area contributed by atoms with Crippen LogP contribution in [-0.4, -0.2) is 51.8 Å². The summed E-state index contributed by atoms with van der Waals surface area (Å²) in [6.07, 6.45) is 3.45. The monoisotopic (exact) mass is 399 g/mol. The van der Waals surface area contributed by atoms with Crippen LogP contribution in [0.25, 0.3) is 11.0 Å². The Kier molecular flexibility index (Phi) is 6.20. The Bertz CT molecular complexity index is 804. The minimum absolute atomic E-state index is 0. The molecule has 0 atom stereocenters. The molecule has 1 spiro atoms.